The van der Waals surface area contributed by atoms with E-state index >= 15 is 0 Å². The Morgan fingerprint density at radius 1 is 0.833 bits per heavy atom. The van der Waals surface area contributed by atoms with Crippen molar-refractivity contribution in [1.29, 1.82) is 0 Å². The molecule has 142 valence electrons. The van der Waals surface area contributed by atoms with E-state index in [-0.39, 0.29) is 19.8 Å². The smallest absolute Gasteiger partial charge is 0.446 e. The third-order valence-corrected chi connectivity index (χ3v) is 4.51. The Balaban J connectivity index is 5.81. The van der Waals surface area contributed by atoms with Crippen molar-refractivity contribution < 1.29 is 53.2 Å². The van der Waals surface area contributed by atoms with Crippen molar-refractivity contribution in [2.45, 2.75) is 33.1 Å². The molecule has 0 atom stereocenters. The molecule has 0 saturated heterocycles. The molecule has 0 aromatic rings. The highest BCUT2D eigenvalue weighted by molar-refractivity contribution is 6.55. The minimum atomic E-state index is -6.16. The fourth-order valence-electron chi connectivity index (χ4n) is 1.41. The minimum Gasteiger partial charge on any atom is -0.446 e. The van der Waals surface area contributed by atoms with Crippen LogP contribution in [0.3, 0.4) is 0 Å². The van der Waals surface area contributed by atoms with Gasteiger partial charge in [-0.2, -0.15) is 30.7 Å². The highest BCUT2D eigenvalue weighted by atomic mass is 28.4. The third-order valence-electron chi connectivity index (χ3n) is 2.15. The van der Waals surface area contributed by atoms with Crippen LogP contribution in [-0.2, 0) is 22.5 Å². The first-order valence-electron chi connectivity index (χ1n) is 6.53. The van der Waals surface area contributed by atoms with Gasteiger partial charge in [-0.3, -0.25) is 0 Å². The van der Waals surface area contributed by atoms with Gasteiger partial charge in [-0.15, -0.1) is 0 Å². The van der Waals surface area contributed by atoms with Crippen molar-refractivity contribution >= 4 is 15.0 Å². The fraction of sp³-hybridized carbons (Fsp3) is 0.727. The summed E-state index contributed by atoms with van der Waals surface area (Å²) < 4.78 is 107. The molecule has 0 bridgehead atoms. The molecule has 24 heavy (non-hydrogen) atoms. The Hall–Kier alpha value is -1.18. The summed E-state index contributed by atoms with van der Waals surface area (Å²) in [5.41, 5.74) is -3.62. The number of hydrogen-bond donors (Lipinski definition) is 0. The van der Waals surface area contributed by atoms with Crippen LogP contribution >= 0.6 is 0 Å². The molecule has 0 aromatic heterocycles. The Labute approximate surface area is 133 Å². The molecule has 0 aliphatic carbocycles. The summed E-state index contributed by atoms with van der Waals surface area (Å²) in [6, 6.07) is 0. The van der Waals surface area contributed by atoms with Crippen LogP contribution in [0.25, 0.3) is 0 Å². The average molecular weight is 388 g/mol. The quantitative estimate of drug-likeness (QED) is 0.362. The van der Waals surface area contributed by atoms with Crippen molar-refractivity contribution in [3.8, 4) is 0 Å². The van der Waals surface area contributed by atoms with Crippen molar-refractivity contribution in [1.82, 2.24) is 0 Å². The maximum Gasteiger partial charge on any atom is 0.751 e. The van der Waals surface area contributed by atoms with Crippen LogP contribution in [0.5, 0.6) is 0 Å². The average Bonchev–Trinajstić information content (AvgIpc) is 2.35. The largest absolute Gasteiger partial charge is 0.751 e. The van der Waals surface area contributed by atoms with E-state index in [1.165, 1.54) is 20.8 Å². The van der Waals surface area contributed by atoms with Gasteiger partial charge in [0.25, 0.3) is 0 Å². The van der Waals surface area contributed by atoms with Gasteiger partial charge in [0, 0.05) is 19.8 Å². The zero-order valence-corrected chi connectivity index (χ0v) is 13.8. The molecule has 0 N–H and O–H groups in total. The topological polar surface area (TPSA) is 54.0 Å². The summed E-state index contributed by atoms with van der Waals surface area (Å²) in [4.78, 5) is 11.5. The minimum absolute atomic E-state index is 0.212. The van der Waals surface area contributed by atoms with E-state index in [1.807, 2.05) is 0 Å². The van der Waals surface area contributed by atoms with E-state index in [0.29, 0.717) is 0 Å². The van der Waals surface area contributed by atoms with Crippen LogP contribution in [-0.4, -0.2) is 47.2 Å². The molecule has 13 heteroatoms. The third kappa shape index (κ3) is 6.37. The lowest BCUT2D eigenvalue weighted by molar-refractivity contribution is -0.177. The zero-order valence-electron chi connectivity index (χ0n) is 12.8. The highest BCUT2D eigenvalue weighted by Crippen LogP contribution is 2.41. The molecule has 0 saturated carbocycles. The second kappa shape index (κ2) is 8.78. The van der Waals surface area contributed by atoms with Gasteiger partial charge in [0.1, 0.15) is 0 Å². The van der Waals surface area contributed by atoms with Crippen LogP contribution in [0.15, 0.2) is 11.4 Å². The zero-order chi connectivity index (χ0) is 19.2. The van der Waals surface area contributed by atoms with Crippen molar-refractivity contribution in [2.24, 2.45) is 0 Å². The van der Waals surface area contributed by atoms with Gasteiger partial charge >= 0.3 is 27.4 Å². The molecule has 0 aromatic carbocycles. The SMILES string of the molecule is CCO[Si](OCC)(OCC)OC(=O)C(F)=C(C(F)(F)F)C(F)(F)F. The molecular weight excluding hydrogens is 373 g/mol. The molecule has 0 rings (SSSR count). The molecule has 5 nitrogen and oxygen atoms in total. The molecule has 0 unspecified atom stereocenters. The number of halogens is 7. The summed E-state index contributed by atoms with van der Waals surface area (Å²) in [7, 11) is -4.44. The van der Waals surface area contributed by atoms with Gasteiger partial charge in [0.2, 0.25) is 5.83 Å². The van der Waals surface area contributed by atoms with Crippen LogP contribution in [0.2, 0.25) is 0 Å². The molecule has 0 aliphatic heterocycles. The van der Waals surface area contributed by atoms with Gasteiger partial charge < -0.3 is 17.7 Å². The summed E-state index contributed by atoms with van der Waals surface area (Å²) in [5, 5.41) is 0. The van der Waals surface area contributed by atoms with E-state index in [2.05, 4.69) is 4.43 Å². The monoisotopic (exact) mass is 388 g/mol. The van der Waals surface area contributed by atoms with Crippen LogP contribution in [0.4, 0.5) is 30.7 Å². The predicted octanol–water partition coefficient (Wildman–Crippen LogP) is 3.42. The first-order chi connectivity index (χ1) is 10.8. The highest BCUT2D eigenvalue weighted by Gasteiger charge is 2.57. The lowest BCUT2D eigenvalue weighted by Crippen LogP contribution is -2.51. The Morgan fingerprint density at radius 2 is 1.17 bits per heavy atom. The first-order valence-corrected chi connectivity index (χ1v) is 8.17. The standard InChI is InChI=1S/C11H15F7O5Si/c1-4-20-24(21-5-2,22-6-3)23-9(19)7(12)8(10(13,14)15)11(16,17)18/h4-6H2,1-3H3. The summed E-state index contributed by atoms with van der Waals surface area (Å²) >= 11 is 0. The number of carbonyl (C=O) groups is 1. The molecule has 0 heterocycles. The molecule has 0 amide bonds. The Morgan fingerprint density at radius 3 is 1.42 bits per heavy atom. The van der Waals surface area contributed by atoms with Gasteiger partial charge in [-0.1, -0.05) is 0 Å². The second-order valence-corrected chi connectivity index (χ2v) is 5.94. The maximum absolute atomic E-state index is 13.5. The normalized spacial score (nSPS) is 12.9. The second-order valence-electron chi connectivity index (χ2n) is 3.87. The van der Waals surface area contributed by atoms with E-state index in [9.17, 15) is 35.5 Å². The number of rotatable bonds is 8. The summed E-state index contributed by atoms with van der Waals surface area (Å²) in [5.74, 6) is -5.70. The van der Waals surface area contributed by atoms with Crippen molar-refractivity contribution in [3.63, 3.8) is 0 Å². The molecule has 0 radical (unpaired) electrons. The van der Waals surface area contributed by atoms with Gasteiger partial charge in [0.05, 0.1) is 0 Å². The van der Waals surface area contributed by atoms with Crippen LogP contribution in [0.1, 0.15) is 20.8 Å². The molecule has 0 aliphatic rings. The summed E-state index contributed by atoms with van der Waals surface area (Å²) in [6.07, 6.45) is -12.3. The van der Waals surface area contributed by atoms with Crippen LogP contribution < -0.4 is 0 Å². The Bertz CT molecular complexity index is 428. The predicted molar refractivity (Wildman–Crippen MR) is 67.0 cm³/mol. The number of hydrogen-bond acceptors (Lipinski definition) is 5. The number of carbonyl (C=O) groups excluding carboxylic acids is 1. The van der Waals surface area contributed by atoms with E-state index in [4.69, 9.17) is 13.3 Å². The van der Waals surface area contributed by atoms with Crippen LogP contribution in [0, 0.1) is 0 Å². The van der Waals surface area contributed by atoms with Crippen molar-refractivity contribution in [2.75, 3.05) is 19.8 Å². The molecule has 0 fully saturated rings. The summed E-state index contributed by atoms with van der Waals surface area (Å²) in [6.45, 7) is 3.48. The Kier molecular flexibility index (Phi) is 8.35. The molecule has 0 spiro atoms. The van der Waals surface area contributed by atoms with E-state index < -0.39 is 38.8 Å². The van der Waals surface area contributed by atoms with Crippen molar-refractivity contribution in [3.05, 3.63) is 11.4 Å². The van der Waals surface area contributed by atoms with E-state index in [1.54, 1.807) is 0 Å². The lowest BCUT2D eigenvalue weighted by atomic mass is 10.2. The fourth-order valence-corrected chi connectivity index (χ4v) is 3.22. The number of allylic oxidation sites excluding steroid dienone is 1. The lowest BCUT2D eigenvalue weighted by Gasteiger charge is -2.26. The van der Waals surface area contributed by atoms with Gasteiger partial charge in [-0.05, 0) is 20.8 Å². The van der Waals surface area contributed by atoms with E-state index in [0.717, 1.165) is 0 Å². The maximum atomic E-state index is 13.5. The van der Waals surface area contributed by atoms with Gasteiger partial charge in [-0.25, -0.2) is 4.79 Å². The molecular formula is C11H15F7O5Si. The first kappa shape index (κ1) is 22.8. The van der Waals surface area contributed by atoms with Gasteiger partial charge in [0.15, 0.2) is 5.57 Å². The number of alkyl halides is 6.